The van der Waals surface area contributed by atoms with Crippen LogP contribution in [0.15, 0.2) is 29.5 Å². The molecule has 0 radical (unpaired) electrons. The molecule has 0 aromatic rings. The molecule has 0 aromatic carbocycles. The first kappa shape index (κ1) is 17.5. The minimum absolute atomic E-state index is 0.193. The Kier molecular flexibility index (Phi) is 6.09. The lowest BCUT2D eigenvalue weighted by Crippen LogP contribution is -2.32. The average molecular weight is 304 g/mol. The van der Waals surface area contributed by atoms with Crippen LogP contribution in [-0.4, -0.2) is 22.9 Å². The molecule has 2 nitrogen and oxygen atoms in total. The summed E-state index contributed by atoms with van der Waals surface area (Å²) in [6.07, 6.45) is 14.2. The van der Waals surface area contributed by atoms with Gasteiger partial charge in [0, 0.05) is 0 Å². The van der Waals surface area contributed by atoms with E-state index in [0.29, 0.717) is 0 Å². The van der Waals surface area contributed by atoms with Gasteiger partial charge in [-0.25, -0.2) is 0 Å². The van der Waals surface area contributed by atoms with Crippen LogP contribution in [0.4, 0.5) is 0 Å². The van der Waals surface area contributed by atoms with Crippen LogP contribution in [0, 0.1) is 0 Å². The highest BCUT2D eigenvalue weighted by atomic mass is 16.5. The van der Waals surface area contributed by atoms with E-state index in [4.69, 9.17) is 4.74 Å². The fourth-order valence-electron chi connectivity index (χ4n) is 3.96. The van der Waals surface area contributed by atoms with Crippen LogP contribution in [0.1, 0.15) is 78.1 Å². The average Bonchev–Trinajstić information content (AvgIpc) is 2.89. The minimum Gasteiger partial charge on any atom is -0.385 e. The third-order valence-corrected chi connectivity index (χ3v) is 5.77. The van der Waals surface area contributed by atoms with Crippen LogP contribution in [0.3, 0.4) is 0 Å². The number of ether oxygens (including phenoxy) is 1. The van der Waals surface area contributed by atoms with Gasteiger partial charge in [-0.2, -0.15) is 0 Å². The summed E-state index contributed by atoms with van der Waals surface area (Å²) in [7, 11) is 0. The molecule has 3 rings (SSSR count). The van der Waals surface area contributed by atoms with Gasteiger partial charge in [-0.05, 0) is 50.7 Å². The highest BCUT2D eigenvalue weighted by molar-refractivity contribution is 5.20. The third kappa shape index (κ3) is 3.93. The van der Waals surface area contributed by atoms with Crippen molar-refractivity contribution in [3.8, 4) is 0 Å². The molecule has 2 heteroatoms. The van der Waals surface area contributed by atoms with Gasteiger partial charge in [0.1, 0.15) is 0 Å². The van der Waals surface area contributed by atoms with Crippen LogP contribution >= 0.6 is 0 Å². The fraction of sp³-hybridized carbons (Fsp3) is 0.750. The van der Waals surface area contributed by atoms with Crippen LogP contribution < -0.4 is 0 Å². The molecule has 124 valence electrons. The largest absolute Gasteiger partial charge is 0.385 e. The molecular weight excluding hydrogens is 272 g/mol. The highest BCUT2D eigenvalue weighted by Gasteiger charge is 2.37. The zero-order valence-corrected chi connectivity index (χ0v) is 14.4. The summed E-state index contributed by atoms with van der Waals surface area (Å²) >= 11 is 0. The second-order valence-electron chi connectivity index (χ2n) is 7.15. The van der Waals surface area contributed by atoms with Crippen molar-refractivity contribution in [1.82, 2.24) is 0 Å². The van der Waals surface area contributed by atoms with Crippen molar-refractivity contribution >= 4 is 0 Å². The molecule has 0 saturated heterocycles. The van der Waals surface area contributed by atoms with E-state index in [9.17, 15) is 5.11 Å². The first-order valence-corrected chi connectivity index (χ1v) is 8.93. The quantitative estimate of drug-likeness (QED) is 0.541. The molecule has 2 aliphatic carbocycles. The maximum absolute atomic E-state index is 10.0. The molecule has 0 atom stereocenters. The Hall–Kier alpha value is -0.820. The number of rotatable bonds is 1. The highest BCUT2D eigenvalue weighted by Crippen LogP contribution is 2.40. The lowest BCUT2D eigenvalue weighted by atomic mass is 9.80. The smallest absolute Gasteiger partial charge is 0.0927 e. The molecule has 1 N–H and O–H groups in total. The summed E-state index contributed by atoms with van der Waals surface area (Å²) in [6.45, 7) is 8.55. The van der Waals surface area contributed by atoms with Crippen molar-refractivity contribution in [1.29, 1.82) is 0 Å². The summed E-state index contributed by atoms with van der Waals surface area (Å²) in [5.74, 6) is 0. The normalized spacial score (nSPS) is 25.7. The number of aliphatic hydroxyl groups is 1. The Balaban J connectivity index is 0.000000160. The van der Waals surface area contributed by atoms with E-state index in [1.165, 1.54) is 44.1 Å². The molecule has 1 aliphatic heterocycles. The van der Waals surface area contributed by atoms with Crippen molar-refractivity contribution < 1.29 is 9.84 Å². The van der Waals surface area contributed by atoms with Gasteiger partial charge in [-0.3, -0.25) is 0 Å². The molecule has 1 heterocycles. The molecule has 0 aromatic heterocycles. The van der Waals surface area contributed by atoms with E-state index in [1.807, 2.05) is 6.92 Å². The summed E-state index contributed by atoms with van der Waals surface area (Å²) < 4.78 is 5.80. The first-order valence-electron chi connectivity index (χ1n) is 8.93. The Labute approximate surface area is 136 Å². The van der Waals surface area contributed by atoms with E-state index in [-0.39, 0.29) is 5.60 Å². The molecule has 2 saturated carbocycles. The topological polar surface area (TPSA) is 29.5 Å². The maximum Gasteiger partial charge on any atom is 0.0927 e. The van der Waals surface area contributed by atoms with Crippen LogP contribution in [0.25, 0.3) is 0 Å². The molecule has 0 unspecified atom stereocenters. The van der Waals surface area contributed by atoms with E-state index in [0.717, 1.165) is 37.9 Å². The van der Waals surface area contributed by atoms with Crippen LogP contribution in [0.5, 0.6) is 0 Å². The Morgan fingerprint density at radius 1 is 1.09 bits per heavy atom. The lowest BCUT2D eigenvalue weighted by Gasteiger charge is -2.34. The SMILES string of the molecule is C=C=C(C)C1(O)CCCCC1.CC1=CCOC12CCCCC2. The lowest BCUT2D eigenvalue weighted by molar-refractivity contribution is -0.00996. The molecule has 0 amide bonds. The summed E-state index contributed by atoms with van der Waals surface area (Å²) in [5.41, 5.74) is 4.81. The van der Waals surface area contributed by atoms with Crippen molar-refractivity contribution in [2.75, 3.05) is 6.61 Å². The van der Waals surface area contributed by atoms with E-state index >= 15 is 0 Å². The van der Waals surface area contributed by atoms with Crippen molar-refractivity contribution in [2.24, 2.45) is 0 Å². The summed E-state index contributed by atoms with van der Waals surface area (Å²) in [6, 6.07) is 0. The molecule has 0 bridgehead atoms. The van der Waals surface area contributed by atoms with Crippen molar-refractivity contribution in [3.05, 3.63) is 29.5 Å². The predicted octanol–water partition coefficient (Wildman–Crippen LogP) is 5.08. The molecule has 3 aliphatic rings. The summed E-state index contributed by atoms with van der Waals surface area (Å²) in [4.78, 5) is 0. The van der Waals surface area contributed by atoms with E-state index in [1.54, 1.807) is 0 Å². The van der Waals surface area contributed by atoms with Gasteiger partial charge in [-0.15, -0.1) is 5.73 Å². The minimum atomic E-state index is -0.569. The van der Waals surface area contributed by atoms with Gasteiger partial charge in [0.2, 0.25) is 0 Å². The van der Waals surface area contributed by atoms with Gasteiger partial charge >= 0.3 is 0 Å². The standard InChI is InChI=1S/2C10H16O/c1-9-5-8-11-10(9)6-3-2-4-7-10;1-3-9(2)10(11)7-5-4-6-8-10/h5H,2-4,6-8H2,1H3;11H,1,4-8H2,2H3. The van der Waals surface area contributed by atoms with Crippen LogP contribution in [-0.2, 0) is 4.74 Å². The second kappa shape index (κ2) is 7.64. The predicted molar refractivity (Wildman–Crippen MR) is 91.9 cm³/mol. The fourth-order valence-corrected chi connectivity index (χ4v) is 3.96. The van der Waals surface area contributed by atoms with E-state index in [2.05, 4.69) is 25.3 Å². The van der Waals surface area contributed by atoms with Gasteiger partial charge in [0.15, 0.2) is 0 Å². The van der Waals surface area contributed by atoms with Gasteiger partial charge in [0.25, 0.3) is 0 Å². The van der Waals surface area contributed by atoms with E-state index < -0.39 is 5.60 Å². The Morgan fingerprint density at radius 3 is 2.09 bits per heavy atom. The van der Waals surface area contributed by atoms with Gasteiger partial charge < -0.3 is 9.84 Å². The van der Waals surface area contributed by atoms with Gasteiger partial charge in [0.05, 0.1) is 17.8 Å². The monoisotopic (exact) mass is 304 g/mol. The van der Waals surface area contributed by atoms with Crippen LogP contribution in [0.2, 0.25) is 0 Å². The second-order valence-corrected chi connectivity index (χ2v) is 7.15. The molecular formula is C20H32O2. The van der Waals surface area contributed by atoms with Crippen molar-refractivity contribution in [3.63, 3.8) is 0 Å². The molecule has 22 heavy (non-hydrogen) atoms. The van der Waals surface area contributed by atoms with Gasteiger partial charge in [-0.1, -0.05) is 51.2 Å². The Morgan fingerprint density at radius 2 is 1.64 bits per heavy atom. The number of hydrogen-bond acceptors (Lipinski definition) is 2. The Bertz CT molecular complexity index is 430. The maximum atomic E-state index is 10.0. The summed E-state index contributed by atoms with van der Waals surface area (Å²) in [5, 5.41) is 10.0. The zero-order chi connectivity index (χ0) is 16.1. The molecule has 2 fully saturated rings. The van der Waals surface area contributed by atoms with Crippen molar-refractivity contribution in [2.45, 2.75) is 89.3 Å². The first-order chi connectivity index (χ1) is 10.5. The molecule has 1 spiro atoms. The third-order valence-electron chi connectivity index (χ3n) is 5.77. The number of hydrogen-bond donors (Lipinski definition) is 1. The zero-order valence-electron chi connectivity index (χ0n) is 14.4.